The van der Waals surface area contributed by atoms with Crippen molar-refractivity contribution in [2.45, 2.75) is 58.1 Å². The number of alkyl carbamates (subject to hydrolysis) is 1. The lowest BCUT2D eigenvalue weighted by molar-refractivity contribution is 0.0472. The van der Waals surface area contributed by atoms with E-state index in [0.717, 1.165) is 49.8 Å². The van der Waals surface area contributed by atoms with Gasteiger partial charge in [0, 0.05) is 17.1 Å². The number of amides is 1. The minimum absolute atomic E-state index is 0.196. The molecule has 1 aromatic rings. The van der Waals surface area contributed by atoms with Crippen LogP contribution in [0.1, 0.15) is 45.6 Å². The molecule has 0 bridgehead atoms. The first-order valence-electron chi connectivity index (χ1n) is 8.78. The normalized spacial score (nSPS) is 19.1. The Labute approximate surface area is 154 Å². The molecule has 1 heterocycles. The SMILES string of the molecule is CC(C)(C)OC(=O)NC1CCCN(CCCc2ccc(Br)cc2)C1. The van der Waals surface area contributed by atoms with Crippen molar-refractivity contribution in [2.24, 2.45) is 0 Å². The van der Waals surface area contributed by atoms with Crippen molar-refractivity contribution in [1.82, 2.24) is 10.2 Å². The quantitative estimate of drug-likeness (QED) is 0.802. The Balaban J connectivity index is 1.70. The Morgan fingerprint density at radius 3 is 2.71 bits per heavy atom. The van der Waals surface area contributed by atoms with E-state index in [4.69, 9.17) is 4.74 Å². The van der Waals surface area contributed by atoms with E-state index in [9.17, 15) is 4.79 Å². The Morgan fingerprint density at radius 1 is 1.33 bits per heavy atom. The molecule has 1 unspecified atom stereocenters. The molecule has 0 saturated carbocycles. The Kier molecular flexibility index (Phi) is 7.11. The lowest BCUT2D eigenvalue weighted by Crippen LogP contribution is -2.49. The van der Waals surface area contributed by atoms with Gasteiger partial charge in [-0.15, -0.1) is 0 Å². The summed E-state index contributed by atoms with van der Waals surface area (Å²) >= 11 is 3.47. The van der Waals surface area contributed by atoms with Crippen LogP contribution in [0.2, 0.25) is 0 Å². The summed E-state index contributed by atoms with van der Waals surface area (Å²) in [6, 6.07) is 8.73. The zero-order valence-corrected chi connectivity index (χ0v) is 16.6. The Morgan fingerprint density at radius 2 is 2.04 bits per heavy atom. The van der Waals surface area contributed by atoms with Gasteiger partial charge in [0.15, 0.2) is 0 Å². The number of hydrogen-bond acceptors (Lipinski definition) is 3. The van der Waals surface area contributed by atoms with Gasteiger partial charge in [-0.3, -0.25) is 0 Å². The van der Waals surface area contributed by atoms with Crippen molar-refractivity contribution in [2.75, 3.05) is 19.6 Å². The summed E-state index contributed by atoms with van der Waals surface area (Å²) in [5.74, 6) is 0. The summed E-state index contributed by atoms with van der Waals surface area (Å²) in [7, 11) is 0. The third kappa shape index (κ3) is 7.22. The van der Waals surface area contributed by atoms with Crippen LogP contribution < -0.4 is 5.32 Å². The number of likely N-dealkylation sites (tertiary alicyclic amines) is 1. The molecule has 0 aliphatic carbocycles. The molecule has 1 amide bonds. The number of hydrogen-bond donors (Lipinski definition) is 1. The number of ether oxygens (including phenoxy) is 1. The summed E-state index contributed by atoms with van der Waals surface area (Å²) < 4.78 is 6.48. The largest absolute Gasteiger partial charge is 0.444 e. The molecule has 5 heteroatoms. The molecule has 0 radical (unpaired) electrons. The van der Waals surface area contributed by atoms with Crippen molar-refractivity contribution >= 4 is 22.0 Å². The molecule has 1 saturated heterocycles. The van der Waals surface area contributed by atoms with Crippen LogP contribution in [0.5, 0.6) is 0 Å². The number of halogens is 1. The van der Waals surface area contributed by atoms with Crippen LogP contribution in [0, 0.1) is 0 Å². The maximum atomic E-state index is 11.9. The first-order valence-corrected chi connectivity index (χ1v) is 9.57. The number of piperidine rings is 1. The molecule has 2 rings (SSSR count). The molecule has 1 aliphatic heterocycles. The van der Waals surface area contributed by atoms with Crippen molar-refractivity contribution in [1.29, 1.82) is 0 Å². The second-order valence-corrected chi connectivity index (χ2v) is 8.43. The minimum atomic E-state index is -0.441. The Hall–Kier alpha value is -1.07. The van der Waals surface area contributed by atoms with E-state index in [0.29, 0.717) is 0 Å². The van der Waals surface area contributed by atoms with Gasteiger partial charge in [0.1, 0.15) is 5.60 Å². The van der Waals surface area contributed by atoms with Crippen molar-refractivity contribution in [3.63, 3.8) is 0 Å². The van der Waals surface area contributed by atoms with Gasteiger partial charge in [0.2, 0.25) is 0 Å². The second kappa shape index (κ2) is 8.86. The van der Waals surface area contributed by atoms with Crippen molar-refractivity contribution < 1.29 is 9.53 Å². The summed E-state index contributed by atoms with van der Waals surface area (Å²) in [6.07, 6.45) is 4.08. The molecule has 134 valence electrons. The summed E-state index contributed by atoms with van der Waals surface area (Å²) in [6.45, 7) is 8.78. The van der Waals surface area contributed by atoms with E-state index < -0.39 is 5.60 Å². The number of benzene rings is 1. The van der Waals surface area contributed by atoms with E-state index in [1.54, 1.807) is 0 Å². The number of carbonyl (C=O) groups is 1. The van der Waals surface area contributed by atoms with Crippen LogP contribution >= 0.6 is 15.9 Å². The van der Waals surface area contributed by atoms with Gasteiger partial charge in [-0.05, 0) is 77.2 Å². The van der Waals surface area contributed by atoms with Gasteiger partial charge < -0.3 is 15.0 Å². The molecular weight excluding hydrogens is 368 g/mol. The maximum absolute atomic E-state index is 11.9. The average Bonchev–Trinajstić information content (AvgIpc) is 2.48. The summed E-state index contributed by atoms with van der Waals surface area (Å²) in [5, 5.41) is 3.01. The highest BCUT2D eigenvalue weighted by Crippen LogP contribution is 2.15. The van der Waals surface area contributed by atoms with Crippen LogP contribution in [0.4, 0.5) is 4.79 Å². The Bertz CT molecular complexity index is 525. The smallest absolute Gasteiger partial charge is 0.407 e. The molecular formula is C19H29BrN2O2. The second-order valence-electron chi connectivity index (χ2n) is 7.52. The fourth-order valence-electron chi connectivity index (χ4n) is 3.01. The first kappa shape index (κ1) is 19.3. The van der Waals surface area contributed by atoms with Gasteiger partial charge in [-0.1, -0.05) is 28.1 Å². The first-order chi connectivity index (χ1) is 11.3. The average molecular weight is 397 g/mol. The predicted octanol–water partition coefficient (Wildman–Crippen LogP) is 4.37. The molecule has 0 spiro atoms. The minimum Gasteiger partial charge on any atom is -0.444 e. The standard InChI is InChI=1S/C19H29BrN2O2/c1-19(2,3)24-18(23)21-17-7-5-13-22(14-17)12-4-6-15-8-10-16(20)11-9-15/h8-11,17H,4-7,12-14H2,1-3H3,(H,21,23). The lowest BCUT2D eigenvalue weighted by atomic mass is 10.0. The number of rotatable bonds is 5. The van der Waals surface area contributed by atoms with Crippen LogP contribution in [0.3, 0.4) is 0 Å². The van der Waals surface area contributed by atoms with E-state index in [1.807, 2.05) is 20.8 Å². The van der Waals surface area contributed by atoms with Gasteiger partial charge in [-0.2, -0.15) is 0 Å². The van der Waals surface area contributed by atoms with Crippen LogP contribution in [0.25, 0.3) is 0 Å². The molecule has 0 aromatic heterocycles. The zero-order chi connectivity index (χ0) is 17.6. The van der Waals surface area contributed by atoms with Gasteiger partial charge >= 0.3 is 6.09 Å². The zero-order valence-electron chi connectivity index (χ0n) is 15.0. The van der Waals surface area contributed by atoms with Crippen molar-refractivity contribution in [3.05, 3.63) is 34.3 Å². The molecule has 1 aromatic carbocycles. The molecule has 24 heavy (non-hydrogen) atoms. The van der Waals surface area contributed by atoms with E-state index in [1.165, 1.54) is 5.56 Å². The molecule has 1 aliphatic rings. The van der Waals surface area contributed by atoms with E-state index >= 15 is 0 Å². The van der Waals surface area contributed by atoms with Crippen LogP contribution in [-0.2, 0) is 11.2 Å². The topological polar surface area (TPSA) is 41.6 Å². The number of nitrogens with one attached hydrogen (secondary N) is 1. The molecule has 1 N–H and O–H groups in total. The summed E-state index contributed by atoms with van der Waals surface area (Å²) in [4.78, 5) is 14.4. The van der Waals surface area contributed by atoms with Crippen LogP contribution in [0.15, 0.2) is 28.7 Å². The lowest BCUT2D eigenvalue weighted by Gasteiger charge is -2.33. The monoisotopic (exact) mass is 396 g/mol. The molecule has 1 fully saturated rings. The number of aryl methyl sites for hydroxylation is 1. The van der Waals surface area contributed by atoms with Gasteiger partial charge in [0.25, 0.3) is 0 Å². The number of nitrogens with zero attached hydrogens (tertiary/aromatic N) is 1. The number of carbonyl (C=O) groups excluding carboxylic acids is 1. The van der Waals surface area contributed by atoms with Gasteiger partial charge in [-0.25, -0.2) is 4.79 Å². The van der Waals surface area contributed by atoms with E-state index in [2.05, 4.69) is 50.4 Å². The highest BCUT2D eigenvalue weighted by atomic mass is 79.9. The molecule has 4 nitrogen and oxygen atoms in total. The van der Waals surface area contributed by atoms with Crippen LogP contribution in [-0.4, -0.2) is 42.3 Å². The highest BCUT2D eigenvalue weighted by Gasteiger charge is 2.23. The van der Waals surface area contributed by atoms with E-state index in [-0.39, 0.29) is 12.1 Å². The molecule has 1 atom stereocenters. The van der Waals surface area contributed by atoms with Gasteiger partial charge in [0.05, 0.1) is 0 Å². The predicted molar refractivity (Wildman–Crippen MR) is 101 cm³/mol. The van der Waals surface area contributed by atoms with Crippen molar-refractivity contribution in [3.8, 4) is 0 Å². The third-order valence-corrected chi connectivity index (χ3v) is 4.61. The highest BCUT2D eigenvalue weighted by molar-refractivity contribution is 9.10. The fraction of sp³-hybridized carbons (Fsp3) is 0.632. The summed E-state index contributed by atoms with van der Waals surface area (Å²) in [5.41, 5.74) is 0.932. The third-order valence-electron chi connectivity index (χ3n) is 4.08. The fourth-order valence-corrected chi connectivity index (χ4v) is 3.27. The maximum Gasteiger partial charge on any atom is 0.407 e.